The monoisotopic (exact) mass is 757 g/mol. The van der Waals surface area contributed by atoms with Gasteiger partial charge in [0.2, 0.25) is 5.90 Å². The third kappa shape index (κ3) is 6.89. The Morgan fingerprint density at radius 3 is 1.98 bits per heavy atom. The van der Waals surface area contributed by atoms with Crippen LogP contribution in [0.5, 0.6) is 0 Å². The van der Waals surface area contributed by atoms with Gasteiger partial charge >= 0.3 is 0 Å². The van der Waals surface area contributed by atoms with Crippen molar-refractivity contribution >= 4 is 82.0 Å². The fourth-order valence-electron chi connectivity index (χ4n) is 5.80. The van der Waals surface area contributed by atoms with Gasteiger partial charge < -0.3 is 18.6 Å². The Hall–Kier alpha value is -1.17. The van der Waals surface area contributed by atoms with E-state index in [2.05, 4.69) is 104 Å². The zero-order chi connectivity index (χ0) is 30.0. The molecule has 0 aromatic heterocycles. The molecular formula is C32H35Cl3INO4Si. The molecule has 0 saturated carbocycles. The van der Waals surface area contributed by atoms with Crippen molar-refractivity contribution in [2.45, 2.75) is 64.5 Å². The molecule has 42 heavy (non-hydrogen) atoms. The summed E-state index contributed by atoms with van der Waals surface area (Å²) in [4.78, 5) is 4.81. The first-order valence-corrected chi connectivity index (χ1v) is 18.3. The highest BCUT2D eigenvalue weighted by Gasteiger charge is 2.51. The second kappa shape index (κ2) is 13.4. The van der Waals surface area contributed by atoms with E-state index < -0.39 is 24.5 Å². The van der Waals surface area contributed by atoms with Crippen LogP contribution in [0.15, 0.2) is 96.0 Å². The van der Waals surface area contributed by atoms with Crippen LogP contribution in [0, 0.1) is 0 Å². The highest BCUT2D eigenvalue weighted by molar-refractivity contribution is 14.1. The summed E-state index contributed by atoms with van der Waals surface area (Å²) in [5.41, 5.74) is 0.936. The van der Waals surface area contributed by atoms with Gasteiger partial charge in [0.25, 0.3) is 12.1 Å². The number of hydrogen-bond acceptors (Lipinski definition) is 5. The predicted molar refractivity (Wildman–Crippen MR) is 182 cm³/mol. The predicted octanol–water partition coefficient (Wildman–Crippen LogP) is 7.41. The molecule has 10 heteroatoms. The minimum absolute atomic E-state index is 0.00842. The maximum absolute atomic E-state index is 7.16. The largest absolute Gasteiger partial charge is 0.469 e. The summed E-state index contributed by atoms with van der Waals surface area (Å²) in [6.07, 6.45) is -0.640. The van der Waals surface area contributed by atoms with E-state index in [1.807, 2.05) is 30.3 Å². The van der Waals surface area contributed by atoms with Crippen LogP contribution < -0.4 is 10.4 Å². The third-order valence-corrected chi connectivity index (χ3v) is 14.6. The number of alkyl halides is 4. The standard InChI is InChI=1S/C32H35Cl3INO4Si/c1-31(2,3)42(23-15-9-5-10-16-23,24-17-11-6-12-18-24)39-20-19-25(36)27-28-26(40-30(37-27)32(33,34)35)21-38-29(41-28)22-13-7-4-8-14-22/h4-18,25-29H,19-21H2,1-3H3/t25-,26-,27+,28-,29-/m1/s1. The van der Waals surface area contributed by atoms with Crippen molar-refractivity contribution in [1.82, 2.24) is 0 Å². The number of aliphatic imine (C=N–C) groups is 1. The Kier molecular flexibility index (Phi) is 10.3. The molecule has 5 nitrogen and oxygen atoms in total. The average Bonchev–Trinajstić information content (AvgIpc) is 2.98. The fourth-order valence-corrected chi connectivity index (χ4v) is 11.5. The summed E-state index contributed by atoms with van der Waals surface area (Å²) in [6.45, 7) is 7.66. The van der Waals surface area contributed by atoms with Crippen LogP contribution in [0.2, 0.25) is 5.04 Å². The molecule has 0 bridgehead atoms. The van der Waals surface area contributed by atoms with Crippen molar-refractivity contribution in [3.05, 3.63) is 96.6 Å². The summed E-state index contributed by atoms with van der Waals surface area (Å²) in [7, 11) is -2.68. The fraction of sp³-hybridized carbons (Fsp3) is 0.406. The maximum atomic E-state index is 7.16. The first-order valence-electron chi connectivity index (χ1n) is 14.0. The molecule has 1 saturated heterocycles. The van der Waals surface area contributed by atoms with Crippen molar-refractivity contribution < 1.29 is 18.6 Å². The molecule has 0 unspecified atom stereocenters. The molecule has 0 N–H and O–H groups in total. The van der Waals surface area contributed by atoms with Crippen LogP contribution in [0.1, 0.15) is 39.0 Å². The van der Waals surface area contributed by atoms with Gasteiger partial charge in [0, 0.05) is 16.1 Å². The Balaban J connectivity index is 1.41. The van der Waals surface area contributed by atoms with Gasteiger partial charge in [-0.25, -0.2) is 4.99 Å². The molecule has 2 aliphatic heterocycles. The van der Waals surface area contributed by atoms with Gasteiger partial charge in [0.15, 0.2) is 12.4 Å². The van der Waals surface area contributed by atoms with E-state index >= 15 is 0 Å². The Bertz CT molecular complexity index is 1300. The number of rotatable bonds is 8. The van der Waals surface area contributed by atoms with Gasteiger partial charge in [0.05, 0.1) is 12.6 Å². The first-order chi connectivity index (χ1) is 20.0. The van der Waals surface area contributed by atoms with Crippen LogP contribution in [0.4, 0.5) is 0 Å². The second-order valence-electron chi connectivity index (χ2n) is 11.6. The molecule has 3 aromatic rings. The molecule has 0 amide bonds. The SMILES string of the molecule is CC(C)(C)[Si](OCC[C@@H](I)[C@@H]1N=C(C(Cl)(Cl)Cl)O[C@@H]2CO[C@@H](c3ccccc3)O[C@@H]12)(c1ccccc1)c1ccccc1. The van der Waals surface area contributed by atoms with E-state index in [0.717, 1.165) is 12.0 Å². The number of hydrogen-bond donors (Lipinski definition) is 0. The van der Waals surface area contributed by atoms with Crippen LogP contribution in [-0.4, -0.2) is 53.4 Å². The maximum Gasteiger partial charge on any atom is 0.266 e. The molecule has 5 atom stereocenters. The van der Waals surface area contributed by atoms with Crippen LogP contribution in [-0.2, 0) is 18.6 Å². The number of ether oxygens (including phenoxy) is 3. The molecule has 0 spiro atoms. The number of halogens is 4. The minimum atomic E-state index is -2.68. The minimum Gasteiger partial charge on any atom is -0.469 e. The highest BCUT2D eigenvalue weighted by Crippen LogP contribution is 2.40. The third-order valence-electron chi connectivity index (χ3n) is 7.74. The Labute approximate surface area is 278 Å². The number of fused-ring (bicyclic) bond motifs is 1. The van der Waals surface area contributed by atoms with Crippen molar-refractivity contribution in [1.29, 1.82) is 0 Å². The van der Waals surface area contributed by atoms with Crippen molar-refractivity contribution in [3.63, 3.8) is 0 Å². The first kappa shape index (κ1) is 32.2. The van der Waals surface area contributed by atoms with Gasteiger partial charge in [-0.1, -0.05) is 169 Å². The molecule has 0 radical (unpaired) electrons. The average molecular weight is 759 g/mol. The van der Waals surface area contributed by atoms with Crippen LogP contribution in [0.3, 0.4) is 0 Å². The van der Waals surface area contributed by atoms with E-state index in [0.29, 0.717) is 13.2 Å². The molecular weight excluding hydrogens is 724 g/mol. The van der Waals surface area contributed by atoms with Gasteiger partial charge in [0.1, 0.15) is 6.10 Å². The molecule has 2 aliphatic rings. The Morgan fingerprint density at radius 1 is 0.905 bits per heavy atom. The van der Waals surface area contributed by atoms with E-state index in [1.54, 1.807) is 0 Å². The molecule has 1 fully saturated rings. The lowest BCUT2D eigenvalue weighted by molar-refractivity contribution is -0.261. The normalized spacial score (nSPS) is 23.8. The molecule has 224 valence electrons. The lowest BCUT2D eigenvalue weighted by atomic mass is 9.98. The number of nitrogens with zero attached hydrogens (tertiary/aromatic N) is 1. The smallest absolute Gasteiger partial charge is 0.266 e. The molecule has 2 heterocycles. The van der Waals surface area contributed by atoms with Gasteiger partial charge in [-0.05, 0) is 21.8 Å². The van der Waals surface area contributed by atoms with Crippen molar-refractivity contribution in [2.24, 2.45) is 4.99 Å². The van der Waals surface area contributed by atoms with Gasteiger partial charge in [-0.3, -0.25) is 0 Å². The second-order valence-corrected chi connectivity index (χ2v) is 19.8. The summed E-state index contributed by atoms with van der Waals surface area (Å²) in [6, 6.07) is 30.8. The highest BCUT2D eigenvalue weighted by atomic mass is 127. The van der Waals surface area contributed by atoms with Gasteiger partial charge in [-0.2, -0.15) is 0 Å². The van der Waals surface area contributed by atoms with E-state index in [-0.39, 0.29) is 27.0 Å². The summed E-state index contributed by atoms with van der Waals surface area (Å²) in [5, 5.41) is 2.37. The summed E-state index contributed by atoms with van der Waals surface area (Å²) >= 11 is 21.2. The van der Waals surface area contributed by atoms with E-state index in [1.165, 1.54) is 10.4 Å². The molecule has 5 rings (SSSR count). The van der Waals surface area contributed by atoms with E-state index in [4.69, 9.17) is 58.4 Å². The zero-order valence-electron chi connectivity index (χ0n) is 23.8. The van der Waals surface area contributed by atoms with Crippen LogP contribution in [0.25, 0.3) is 0 Å². The topological polar surface area (TPSA) is 49.3 Å². The number of benzene rings is 3. The lowest BCUT2D eigenvalue weighted by Crippen LogP contribution is -2.66. The quantitative estimate of drug-likeness (QED) is 0.137. The zero-order valence-corrected chi connectivity index (χ0v) is 29.2. The van der Waals surface area contributed by atoms with Crippen LogP contribution >= 0.6 is 57.4 Å². The van der Waals surface area contributed by atoms with Crippen molar-refractivity contribution in [3.8, 4) is 0 Å². The van der Waals surface area contributed by atoms with Gasteiger partial charge in [-0.15, -0.1) is 0 Å². The van der Waals surface area contributed by atoms with Crippen molar-refractivity contribution in [2.75, 3.05) is 13.2 Å². The molecule has 3 aromatic carbocycles. The summed E-state index contributed by atoms with van der Waals surface area (Å²) < 4.78 is 23.9. The summed E-state index contributed by atoms with van der Waals surface area (Å²) in [5.74, 6) is 0.0682. The lowest BCUT2D eigenvalue weighted by Gasteiger charge is -2.45. The molecule has 0 aliphatic carbocycles. The Morgan fingerprint density at radius 2 is 1.45 bits per heavy atom. The van der Waals surface area contributed by atoms with E-state index in [9.17, 15) is 0 Å².